The van der Waals surface area contributed by atoms with Crippen LogP contribution in [0.25, 0.3) is 10.9 Å². The highest BCUT2D eigenvalue weighted by Crippen LogP contribution is 2.24. The summed E-state index contributed by atoms with van der Waals surface area (Å²) in [5.74, 6) is 0.502. The average molecular weight is 308 g/mol. The van der Waals surface area contributed by atoms with E-state index in [0.29, 0.717) is 5.75 Å². The van der Waals surface area contributed by atoms with E-state index < -0.39 is 0 Å². The first-order valence-corrected chi connectivity index (χ1v) is 8.21. The van der Waals surface area contributed by atoms with Crippen LogP contribution in [-0.2, 0) is 6.42 Å². The first-order chi connectivity index (χ1) is 10.8. The van der Waals surface area contributed by atoms with Gasteiger partial charge < -0.3 is 0 Å². The first-order valence-electron chi connectivity index (χ1n) is 7.22. The van der Waals surface area contributed by atoms with Crippen LogP contribution in [0.15, 0.2) is 59.9 Å². The Hall–Kier alpha value is -2.20. The molecule has 22 heavy (non-hydrogen) atoms. The molecule has 0 amide bonds. The molecule has 0 atom stereocenters. The largest absolute Gasteiger partial charge is 0.293 e. The van der Waals surface area contributed by atoms with Gasteiger partial charge in [0, 0.05) is 10.9 Å². The molecule has 0 unspecified atom stereocenters. The maximum absolute atomic E-state index is 12.3. The molecule has 3 aromatic rings. The van der Waals surface area contributed by atoms with Crippen molar-refractivity contribution in [2.24, 2.45) is 0 Å². The number of hydrogen-bond donors (Lipinski definition) is 0. The van der Waals surface area contributed by atoms with Crippen LogP contribution < -0.4 is 0 Å². The van der Waals surface area contributed by atoms with Crippen molar-refractivity contribution < 1.29 is 4.79 Å². The highest BCUT2D eigenvalue weighted by atomic mass is 32.2. The third kappa shape index (κ3) is 3.17. The molecular weight excluding hydrogens is 292 g/mol. The van der Waals surface area contributed by atoms with E-state index in [0.717, 1.165) is 27.9 Å². The molecule has 0 aliphatic rings. The Bertz CT molecular complexity index is 794. The predicted octanol–water partition coefficient (Wildman–Crippen LogP) is 4.17. The van der Waals surface area contributed by atoms with Crippen molar-refractivity contribution in [3.05, 3.63) is 66.0 Å². The van der Waals surface area contributed by atoms with E-state index in [1.54, 1.807) is 6.33 Å². The van der Waals surface area contributed by atoms with Crippen molar-refractivity contribution >= 4 is 28.4 Å². The van der Waals surface area contributed by atoms with Gasteiger partial charge in [-0.3, -0.25) is 4.79 Å². The normalized spacial score (nSPS) is 10.8. The zero-order valence-electron chi connectivity index (χ0n) is 12.3. The number of ketones is 1. The number of hydrogen-bond acceptors (Lipinski definition) is 4. The number of fused-ring (bicyclic) bond motifs is 1. The maximum atomic E-state index is 12.3. The highest BCUT2D eigenvalue weighted by Gasteiger charge is 2.09. The highest BCUT2D eigenvalue weighted by molar-refractivity contribution is 8.00. The van der Waals surface area contributed by atoms with Crippen molar-refractivity contribution in [1.82, 2.24) is 9.97 Å². The van der Waals surface area contributed by atoms with E-state index in [1.807, 2.05) is 48.5 Å². The molecule has 3 rings (SSSR count). The van der Waals surface area contributed by atoms with E-state index in [-0.39, 0.29) is 5.78 Å². The van der Waals surface area contributed by atoms with Gasteiger partial charge in [0.25, 0.3) is 0 Å². The summed E-state index contributed by atoms with van der Waals surface area (Å²) in [6, 6.07) is 15.7. The summed E-state index contributed by atoms with van der Waals surface area (Å²) in [4.78, 5) is 20.8. The molecule has 0 bridgehead atoms. The number of thioether (sulfide) groups is 1. The molecule has 0 saturated heterocycles. The average Bonchev–Trinajstić information content (AvgIpc) is 2.59. The van der Waals surface area contributed by atoms with Gasteiger partial charge in [0.15, 0.2) is 5.78 Å². The summed E-state index contributed by atoms with van der Waals surface area (Å²) >= 11 is 1.46. The first kappa shape index (κ1) is 14.7. The molecule has 2 aromatic carbocycles. The number of benzene rings is 2. The fourth-order valence-corrected chi connectivity index (χ4v) is 3.12. The van der Waals surface area contributed by atoms with Crippen LogP contribution in [0, 0.1) is 0 Å². The predicted molar refractivity (Wildman–Crippen MR) is 90.4 cm³/mol. The summed E-state index contributed by atoms with van der Waals surface area (Å²) in [5.41, 5.74) is 2.90. The molecule has 0 aliphatic carbocycles. The van der Waals surface area contributed by atoms with Crippen molar-refractivity contribution in [1.29, 1.82) is 0 Å². The minimum absolute atomic E-state index is 0.121. The van der Waals surface area contributed by atoms with Crippen molar-refractivity contribution in [2.45, 2.75) is 18.4 Å². The molecule has 3 nitrogen and oxygen atoms in total. The van der Waals surface area contributed by atoms with Gasteiger partial charge in [-0.1, -0.05) is 61.2 Å². The topological polar surface area (TPSA) is 42.9 Å². The standard InChI is InChI=1S/C18H16N2OS/c1-2-13-7-9-14(10-8-13)17(21)11-22-18-15-5-3-4-6-16(15)19-12-20-18/h3-10,12H,2,11H2,1H3. The molecular formula is C18H16N2OS. The number of nitrogens with zero attached hydrogens (tertiary/aromatic N) is 2. The third-order valence-corrected chi connectivity index (χ3v) is 4.54. The number of rotatable bonds is 5. The molecule has 4 heteroatoms. The molecule has 110 valence electrons. The number of aromatic nitrogens is 2. The number of Topliss-reactive ketones (excluding diaryl/α,β-unsaturated/α-hetero) is 1. The molecule has 0 aliphatic heterocycles. The Morgan fingerprint density at radius 2 is 1.82 bits per heavy atom. The van der Waals surface area contributed by atoms with Crippen LogP contribution in [0.2, 0.25) is 0 Å². The van der Waals surface area contributed by atoms with Gasteiger partial charge in [0.2, 0.25) is 0 Å². The second-order valence-corrected chi connectivity index (χ2v) is 5.92. The smallest absolute Gasteiger partial charge is 0.173 e. The number of carbonyl (C=O) groups is 1. The Kier molecular flexibility index (Phi) is 4.49. The summed E-state index contributed by atoms with van der Waals surface area (Å²) in [7, 11) is 0. The molecule has 0 spiro atoms. The van der Waals surface area contributed by atoms with Crippen LogP contribution in [0.1, 0.15) is 22.8 Å². The minimum atomic E-state index is 0.121. The second kappa shape index (κ2) is 6.71. The monoisotopic (exact) mass is 308 g/mol. The lowest BCUT2D eigenvalue weighted by Crippen LogP contribution is -2.03. The fourth-order valence-electron chi connectivity index (χ4n) is 2.24. The Labute approximate surface area is 133 Å². The van der Waals surface area contributed by atoms with Gasteiger partial charge in [-0.05, 0) is 18.1 Å². The van der Waals surface area contributed by atoms with Gasteiger partial charge in [-0.15, -0.1) is 0 Å². The van der Waals surface area contributed by atoms with E-state index >= 15 is 0 Å². The van der Waals surface area contributed by atoms with Crippen molar-refractivity contribution in [3.8, 4) is 0 Å². The zero-order chi connectivity index (χ0) is 15.4. The summed E-state index contributed by atoms with van der Waals surface area (Å²) in [6.45, 7) is 2.10. The molecule has 0 saturated carbocycles. The Morgan fingerprint density at radius 3 is 2.59 bits per heavy atom. The van der Waals surface area contributed by atoms with Crippen LogP contribution in [0.4, 0.5) is 0 Å². The van der Waals surface area contributed by atoms with Gasteiger partial charge in [0.1, 0.15) is 11.4 Å². The number of carbonyl (C=O) groups excluding carboxylic acids is 1. The lowest BCUT2D eigenvalue weighted by molar-refractivity contribution is 0.102. The number of para-hydroxylation sites is 1. The second-order valence-electron chi connectivity index (χ2n) is 4.96. The van der Waals surface area contributed by atoms with Gasteiger partial charge in [-0.25, -0.2) is 9.97 Å². The SMILES string of the molecule is CCc1ccc(C(=O)CSc2ncnc3ccccc23)cc1. The third-order valence-electron chi connectivity index (χ3n) is 3.53. The Balaban J connectivity index is 1.74. The maximum Gasteiger partial charge on any atom is 0.173 e. The van der Waals surface area contributed by atoms with Crippen molar-refractivity contribution in [2.75, 3.05) is 5.75 Å². The van der Waals surface area contributed by atoms with Gasteiger partial charge in [0.05, 0.1) is 11.3 Å². The van der Waals surface area contributed by atoms with E-state index in [4.69, 9.17) is 0 Å². The van der Waals surface area contributed by atoms with E-state index in [2.05, 4.69) is 16.9 Å². The summed E-state index contributed by atoms with van der Waals surface area (Å²) < 4.78 is 0. The number of aryl methyl sites for hydroxylation is 1. The van der Waals surface area contributed by atoms with Crippen LogP contribution >= 0.6 is 11.8 Å². The molecule has 0 fully saturated rings. The lowest BCUT2D eigenvalue weighted by Gasteiger charge is -2.05. The van der Waals surface area contributed by atoms with E-state index in [9.17, 15) is 4.79 Å². The van der Waals surface area contributed by atoms with Crippen LogP contribution in [0.5, 0.6) is 0 Å². The van der Waals surface area contributed by atoms with Crippen molar-refractivity contribution in [3.63, 3.8) is 0 Å². The molecule has 1 heterocycles. The minimum Gasteiger partial charge on any atom is -0.293 e. The summed E-state index contributed by atoms with van der Waals surface area (Å²) in [5, 5.41) is 1.84. The Morgan fingerprint density at radius 1 is 1.05 bits per heavy atom. The quantitative estimate of drug-likeness (QED) is 0.403. The lowest BCUT2D eigenvalue weighted by atomic mass is 10.1. The summed E-state index contributed by atoms with van der Waals surface area (Å²) in [6.07, 6.45) is 2.53. The molecule has 0 N–H and O–H groups in total. The van der Waals surface area contributed by atoms with E-state index in [1.165, 1.54) is 17.3 Å². The molecule has 0 radical (unpaired) electrons. The van der Waals surface area contributed by atoms with Crippen LogP contribution in [0.3, 0.4) is 0 Å². The zero-order valence-corrected chi connectivity index (χ0v) is 13.1. The van der Waals surface area contributed by atoms with Gasteiger partial charge in [-0.2, -0.15) is 0 Å². The van der Waals surface area contributed by atoms with Gasteiger partial charge >= 0.3 is 0 Å². The van der Waals surface area contributed by atoms with Crippen LogP contribution in [-0.4, -0.2) is 21.5 Å². The fraction of sp³-hybridized carbons (Fsp3) is 0.167. The molecule has 1 aromatic heterocycles.